The van der Waals surface area contributed by atoms with E-state index in [2.05, 4.69) is 15.5 Å². The highest BCUT2D eigenvalue weighted by atomic mass is 19.4. The predicted octanol–water partition coefficient (Wildman–Crippen LogP) is 3.15. The Morgan fingerprint density at radius 2 is 2.07 bits per heavy atom. The first-order valence-corrected chi connectivity index (χ1v) is 8.94. The summed E-state index contributed by atoms with van der Waals surface area (Å²) in [6.45, 7) is 0.702. The smallest absolute Gasteiger partial charge is 0.411 e. The van der Waals surface area contributed by atoms with Crippen molar-refractivity contribution in [2.75, 3.05) is 11.9 Å². The maximum atomic E-state index is 12.5. The van der Waals surface area contributed by atoms with Crippen LogP contribution in [0.4, 0.5) is 23.7 Å². The largest absolute Gasteiger partial charge is 0.450 e. The summed E-state index contributed by atoms with van der Waals surface area (Å²) in [6, 6.07) is 8.10. The van der Waals surface area contributed by atoms with Crippen molar-refractivity contribution in [2.24, 2.45) is 0 Å². The number of anilines is 1. The minimum absolute atomic E-state index is 0.161. The molecule has 0 saturated carbocycles. The number of nitrogens with one attached hydrogen (secondary N) is 1. The maximum absolute atomic E-state index is 12.5. The van der Waals surface area contributed by atoms with Crippen molar-refractivity contribution in [1.29, 1.82) is 0 Å². The normalized spacial score (nSPS) is 11.3. The molecule has 1 amide bonds. The SMILES string of the molecule is CCOC(=O)Nc1cccc(Cc2nn(-c3cnn(CC(F)(F)F)c3)ccc2=O)c1. The maximum Gasteiger partial charge on any atom is 0.411 e. The minimum atomic E-state index is -4.39. The molecule has 2 aromatic heterocycles. The molecule has 2 heterocycles. The Kier molecular flexibility index (Phi) is 6.19. The summed E-state index contributed by atoms with van der Waals surface area (Å²) in [4.78, 5) is 23.8. The number of amides is 1. The monoisotopic (exact) mass is 421 g/mol. The van der Waals surface area contributed by atoms with Gasteiger partial charge in [-0.05, 0) is 24.6 Å². The van der Waals surface area contributed by atoms with E-state index in [-0.39, 0.29) is 24.2 Å². The molecule has 0 unspecified atom stereocenters. The molecule has 0 saturated heterocycles. The van der Waals surface area contributed by atoms with Crippen molar-refractivity contribution in [3.63, 3.8) is 0 Å². The van der Waals surface area contributed by atoms with Gasteiger partial charge in [-0.1, -0.05) is 12.1 Å². The lowest BCUT2D eigenvalue weighted by molar-refractivity contribution is -0.142. The van der Waals surface area contributed by atoms with E-state index in [1.54, 1.807) is 31.2 Å². The van der Waals surface area contributed by atoms with E-state index < -0.39 is 18.8 Å². The van der Waals surface area contributed by atoms with Crippen LogP contribution in [0, 0.1) is 0 Å². The highest BCUT2D eigenvalue weighted by Gasteiger charge is 2.28. The molecule has 3 rings (SSSR count). The molecule has 1 N–H and O–H groups in total. The van der Waals surface area contributed by atoms with Gasteiger partial charge in [0.2, 0.25) is 5.43 Å². The van der Waals surface area contributed by atoms with Gasteiger partial charge in [0.25, 0.3) is 0 Å². The number of carbonyl (C=O) groups is 1. The lowest BCUT2D eigenvalue weighted by Crippen LogP contribution is -2.18. The van der Waals surface area contributed by atoms with E-state index >= 15 is 0 Å². The fraction of sp³-hybridized carbons (Fsp3) is 0.263. The molecule has 0 spiro atoms. The van der Waals surface area contributed by atoms with Gasteiger partial charge in [-0.3, -0.25) is 14.8 Å². The molecule has 0 aliphatic rings. The number of carbonyl (C=O) groups excluding carboxylic acids is 1. The molecule has 30 heavy (non-hydrogen) atoms. The zero-order valence-electron chi connectivity index (χ0n) is 15.9. The van der Waals surface area contributed by atoms with Gasteiger partial charge in [-0.2, -0.15) is 23.4 Å². The van der Waals surface area contributed by atoms with Crippen LogP contribution in [0.3, 0.4) is 0 Å². The molecule has 0 atom stereocenters. The van der Waals surface area contributed by atoms with Crippen LogP contribution in [0.15, 0.2) is 53.7 Å². The highest BCUT2D eigenvalue weighted by molar-refractivity contribution is 5.84. The van der Waals surface area contributed by atoms with Crippen LogP contribution in [0.1, 0.15) is 18.2 Å². The Morgan fingerprint density at radius 3 is 2.80 bits per heavy atom. The van der Waals surface area contributed by atoms with E-state index in [0.717, 1.165) is 4.68 Å². The molecule has 158 valence electrons. The summed E-state index contributed by atoms with van der Waals surface area (Å²) >= 11 is 0. The number of nitrogens with zero attached hydrogens (tertiary/aromatic N) is 4. The molecular formula is C19H18F3N5O3. The van der Waals surface area contributed by atoms with Crippen molar-refractivity contribution < 1.29 is 22.7 Å². The molecule has 0 bridgehead atoms. The molecule has 0 aliphatic carbocycles. The van der Waals surface area contributed by atoms with E-state index in [1.807, 2.05) is 0 Å². The number of hydrogen-bond donors (Lipinski definition) is 1. The Bertz CT molecular complexity index is 1090. The van der Waals surface area contributed by atoms with Gasteiger partial charge < -0.3 is 4.74 Å². The molecule has 0 fully saturated rings. The van der Waals surface area contributed by atoms with Gasteiger partial charge >= 0.3 is 12.3 Å². The van der Waals surface area contributed by atoms with Gasteiger partial charge in [0.05, 0.1) is 19.0 Å². The fourth-order valence-corrected chi connectivity index (χ4v) is 2.69. The molecule has 8 nitrogen and oxygen atoms in total. The summed E-state index contributed by atoms with van der Waals surface area (Å²) in [7, 11) is 0. The number of ether oxygens (including phenoxy) is 1. The second-order valence-corrected chi connectivity index (χ2v) is 6.31. The predicted molar refractivity (Wildman–Crippen MR) is 102 cm³/mol. The number of benzene rings is 1. The van der Waals surface area contributed by atoms with E-state index in [9.17, 15) is 22.8 Å². The van der Waals surface area contributed by atoms with Crippen molar-refractivity contribution in [3.8, 4) is 5.69 Å². The van der Waals surface area contributed by atoms with Crippen molar-refractivity contribution in [2.45, 2.75) is 26.1 Å². The summed E-state index contributed by atoms with van der Waals surface area (Å²) < 4.78 is 44.4. The van der Waals surface area contributed by atoms with Gasteiger partial charge in [0.15, 0.2) is 0 Å². The van der Waals surface area contributed by atoms with Crippen LogP contribution in [0.25, 0.3) is 5.69 Å². The zero-order chi connectivity index (χ0) is 21.7. The fourth-order valence-electron chi connectivity index (χ4n) is 2.69. The van der Waals surface area contributed by atoms with Crippen molar-refractivity contribution in [3.05, 3.63) is 70.4 Å². The third kappa shape index (κ3) is 5.69. The molecule has 3 aromatic rings. The standard InChI is InChI=1S/C19H18F3N5O3/c1-2-30-18(29)24-14-5-3-4-13(8-14)9-16-17(28)6-7-27(25-16)15-10-23-26(11-15)12-19(20,21)22/h3-8,10-11H,2,9,12H2,1H3,(H,24,29). The third-order valence-electron chi connectivity index (χ3n) is 3.93. The summed E-state index contributed by atoms with van der Waals surface area (Å²) in [6.07, 6.45) is -1.04. The van der Waals surface area contributed by atoms with E-state index in [0.29, 0.717) is 16.9 Å². The first-order chi connectivity index (χ1) is 14.2. The number of alkyl halides is 3. The van der Waals surface area contributed by atoms with Gasteiger partial charge in [-0.25, -0.2) is 9.48 Å². The second kappa shape index (κ2) is 8.80. The topological polar surface area (TPSA) is 91.0 Å². The van der Waals surface area contributed by atoms with Crippen LogP contribution >= 0.6 is 0 Å². The lowest BCUT2D eigenvalue weighted by atomic mass is 10.1. The van der Waals surface area contributed by atoms with Gasteiger partial charge in [0, 0.05) is 24.4 Å². The van der Waals surface area contributed by atoms with Crippen molar-refractivity contribution >= 4 is 11.8 Å². The average molecular weight is 421 g/mol. The average Bonchev–Trinajstić information content (AvgIpc) is 3.10. The molecule has 0 radical (unpaired) electrons. The Balaban J connectivity index is 1.80. The van der Waals surface area contributed by atoms with Gasteiger partial charge in [0.1, 0.15) is 17.9 Å². The van der Waals surface area contributed by atoms with Crippen LogP contribution in [-0.4, -0.2) is 38.4 Å². The minimum Gasteiger partial charge on any atom is -0.450 e. The summed E-state index contributed by atoms with van der Waals surface area (Å²) in [5.41, 5.74) is 1.36. The number of aromatic nitrogens is 4. The quantitative estimate of drug-likeness (QED) is 0.660. The third-order valence-corrected chi connectivity index (χ3v) is 3.93. The summed E-state index contributed by atoms with van der Waals surface area (Å²) in [5.74, 6) is 0. The number of hydrogen-bond acceptors (Lipinski definition) is 5. The highest BCUT2D eigenvalue weighted by Crippen LogP contribution is 2.18. The molecule has 1 aromatic carbocycles. The first kappa shape index (κ1) is 21.1. The van der Waals surface area contributed by atoms with E-state index in [1.165, 1.54) is 29.3 Å². The number of halogens is 3. The Morgan fingerprint density at radius 1 is 1.27 bits per heavy atom. The lowest BCUT2D eigenvalue weighted by Gasteiger charge is -2.08. The number of rotatable bonds is 6. The van der Waals surface area contributed by atoms with Crippen LogP contribution < -0.4 is 10.7 Å². The second-order valence-electron chi connectivity index (χ2n) is 6.31. The Hall–Kier alpha value is -3.63. The molecule has 0 aliphatic heterocycles. The van der Waals surface area contributed by atoms with Crippen LogP contribution in [0.2, 0.25) is 0 Å². The summed E-state index contributed by atoms with van der Waals surface area (Å²) in [5, 5.41) is 10.5. The zero-order valence-corrected chi connectivity index (χ0v) is 15.9. The Labute approximate surface area is 168 Å². The first-order valence-electron chi connectivity index (χ1n) is 8.94. The van der Waals surface area contributed by atoms with Crippen LogP contribution in [-0.2, 0) is 17.7 Å². The van der Waals surface area contributed by atoms with Crippen molar-refractivity contribution in [1.82, 2.24) is 19.6 Å². The van der Waals surface area contributed by atoms with Gasteiger partial charge in [-0.15, -0.1) is 0 Å². The van der Waals surface area contributed by atoms with Crippen LogP contribution in [0.5, 0.6) is 0 Å². The molecular weight excluding hydrogens is 403 g/mol. The molecule has 11 heteroatoms. The van der Waals surface area contributed by atoms with E-state index in [4.69, 9.17) is 4.74 Å².